The molecule has 0 amide bonds. The summed E-state index contributed by atoms with van der Waals surface area (Å²) in [6.07, 6.45) is 12.7. The minimum atomic E-state index is -3.45. The van der Waals surface area contributed by atoms with Crippen molar-refractivity contribution in [2.24, 2.45) is 0 Å². The van der Waals surface area contributed by atoms with Gasteiger partial charge in [-0.2, -0.15) is 4.31 Å². The van der Waals surface area contributed by atoms with Gasteiger partial charge in [-0.05, 0) is 57.1 Å². The highest BCUT2D eigenvalue weighted by Crippen LogP contribution is 2.41. The van der Waals surface area contributed by atoms with Crippen molar-refractivity contribution in [3.63, 3.8) is 0 Å². The topological polar surface area (TPSA) is 37.4 Å². The molecule has 0 unspecified atom stereocenters. The number of nitrogens with zero attached hydrogens (tertiary/aromatic N) is 1. The second-order valence-corrected chi connectivity index (χ2v) is 7.11. The van der Waals surface area contributed by atoms with Gasteiger partial charge in [-0.25, -0.2) is 8.42 Å². The zero-order valence-electron chi connectivity index (χ0n) is 11.3. The van der Waals surface area contributed by atoms with Gasteiger partial charge in [0.15, 0.2) is 0 Å². The summed E-state index contributed by atoms with van der Waals surface area (Å²) >= 11 is 0. The average Bonchev–Trinajstić information content (AvgIpc) is 2.49. The second-order valence-electron chi connectivity index (χ2n) is 5.25. The predicted octanol–water partition coefficient (Wildman–Crippen LogP) is 2.64. The van der Waals surface area contributed by atoms with E-state index in [9.17, 15) is 8.42 Å². The average molecular weight is 288 g/mol. The molecule has 1 saturated carbocycles. The molecule has 0 bridgehead atoms. The summed E-state index contributed by atoms with van der Waals surface area (Å²) in [6, 6.07) is 8.70. The van der Waals surface area contributed by atoms with Crippen molar-refractivity contribution >= 4 is 10.0 Å². The first-order valence-electron chi connectivity index (χ1n) is 6.93. The van der Waals surface area contributed by atoms with Gasteiger partial charge in [0.05, 0.1) is 4.90 Å². The van der Waals surface area contributed by atoms with Gasteiger partial charge in [0.2, 0.25) is 10.0 Å². The molecule has 1 aromatic rings. The Morgan fingerprint density at radius 3 is 2.35 bits per heavy atom. The summed E-state index contributed by atoms with van der Waals surface area (Å²) in [6.45, 7) is 0.575. The van der Waals surface area contributed by atoms with Crippen molar-refractivity contribution in [1.82, 2.24) is 4.31 Å². The molecular weight excluding hydrogens is 270 g/mol. The highest BCUT2D eigenvalue weighted by Gasteiger charge is 2.46. The third-order valence-corrected chi connectivity index (χ3v) is 5.95. The molecule has 105 valence electrons. The van der Waals surface area contributed by atoms with Crippen LogP contribution in [0.5, 0.6) is 0 Å². The maximum atomic E-state index is 12.9. The standard InChI is InChI=1S/C16H18NO2S/c18-20(19,15-9-3-1-4-10-15)17-14-8-7-13-16(17)11-5-2-6-12-16/h1-6,9-12H,7-8,13-14H2. The highest BCUT2D eigenvalue weighted by molar-refractivity contribution is 7.89. The number of sulfonamides is 1. The maximum absolute atomic E-state index is 12.9. The Hall–Kier alpha value is -0.870. The van der Waals surface area contributed by atoms with E-state index in [-0.39, 0.29) is 0 Å². The lowest BCUT2D eigenvalue weighted by Gasteiger charge is -2.47. The maximum Gasteiger partial charge on any atom is 0.243 e. The number of benzene rings is 1. The molecule has 20 heavy (non-hydrogen) atoms. The Morgan fingerprint density at radius 1 is 0.950 bits per heavy atom. The number of hydrogen-bond donors (Lipinski definition) is 0. The molecule has 2 fully saturated rings. The van der Waals surface area contributed by atoms with Crippen molar-refractivity contribution in [2.75, 3.05) is 6.54 Å². The number of hydrogen-bond acceptors (Lipinski definition) is 2. The Kier molecular flexibility index (Phi) is 3.87. The van der Waals surface area contributed by atoms with Crippen molar-refractivity contribution in [1.29, 1.82) is 0 Å². The fourth-order valence-electron chi connectivity index (χ4n) is 2.96. The normalized spacial score (nSPS) is 23.8. The molecule has 0 aromatic heterocycles. The zero-order valence-corrected chi connectivity index (χ0v) is 12.1. The van der Waals surface area contributed by atoms with Gasteiger partial charge >= 0.3 is 0 Å². The molecule has 4 heteroatoms. The molecule has 1 aliphatic heterocycles. The SMILES string of the molecule is O=S(=O)(c1ccccc1)N1CCCCC12[CH][CH][CH][CH][CH]2. The first-order chi connectivity index (χ1) is 9.65. The van der Waals surface area contributed by atoms with Gasteiger partial charge in [0.25, 0.3) is 0 Å². The van der Waals surface area contributed by atoms with E-state index in [0.717, 1.165) is 19.3 Å². The van der Waals surface area contributed by atoms with Crippen LogP contribution in [0.15, 0.2) is 35.2 Å². The molecule has 5 radical (unpaired) electrons. The van der Waals surface area contributed by atoms with Gasteiger partial charge in [-0.3, -0.25) is 0 Å². The van der Waals surface area contributed by atoms with Gasteiger partial charge in [0.1, 0.15) is 0 Å². The van der Waals surface area contributed by atoms with Crippen LogP contribution in [-0.2, 0) is 10.0 Å². The van der Waals surface area contributed by atoms with E-state index >= 15 is 0 Å². The van der Waals surface area contributed by atoms with Crippen molar-refractivity contribution in [3.8, 4) is 0 Å². The Labute approximate surface area is 122 Å². The summed E-state index contributed by atoms with van der Waals surface area (Å²) in [5.74, 6) is 0. The van der Waals surface area contributed by atoms with E-state index in [4.69, 9.17) is 0 Å². The van der Waals surface area contributed by atoms with E-state index in [1.54, 1.807) is 28.6 Å². The van der Waals surface area contributed by atoms with Crippen LogP contribution < -0.4 is 0 Å². The summed E-state index contributed by atoms with van der Waals surface area (Å²) in [5, 5.41) is 0. The van der Waals surface area contributed by atoms with Crippen LogP contribution in [0.3, 0.4) is 0 Å². The predicted molar refractivity (Wildman–Crippen MR) is 78.4 cm³/mol. The van der Waals surface area contributed by atoms with Crippen LogP contribution in [0.1, 0.15) is 19.3 Å². The summed E-state index contributed by atoms with van der Waals surface area (Å²) in [7, 11) is -3.45. The fraction of sp³-hybridized carbons (Fsp3) is 0.312. The van der Waals surface area contributed by atoms with Gasteiger partial charge < -0.3 is 0 Å². The lowest BCUT2D eigenvalue weighted by atomic mass is 9.76. The summed E-state index contributed by atoms with van der Waals surface area (Å²) in [4.78, 5) is 0.373. The van der Waals surface area contributed by atoms with Crippen LogP contribution in [0.4, 0.5) is 0 Å². The highest BCUT2D eigenvalue weighted by atomic mass is 32.2. The van der Waals surface area contributed by atoms with Crippen molar-refractivity contribution in [3.05, 3.63) is 62.4 Å². The van der Waals surface area contributed by atoms with E-state index in [2.05, 4.69) is 0 Å². The molecule has 0 N–H and O–H groups in total. The number of piperidine rings is 1. The molecule has 1 spiro atoms. The monoisotopic (exact) mass is 288 g/mol. The van der Waals surface area contributed by atoms with Crippen molar-refractivity contribution < 1.29 is 8.42 Å². The third-order valence-electron chi connectivity index (χ3n) is 3.98. The molecule has 3 nitrogen and oxygen atoms in total. The molecule has 1 aromatic carbocycles. The largest absolute Gasteiger partial charge is 0.243 e. The quantitative estimate of drug-likeness (QED) is 0.839. The van der Waals surface area contributed by atoms with Crippen LogP contribution in [0, 0.1) is 32.1 Å². The van der Waals surface area contributed by atoms with Gasteiger partial charge in [-0.15, -0.1) is 0 Å². The summed E-state index contributed by atoms with van der Waals surface area (Å²) in [5.41, 5.74) is -0.484. The van der Waals surface area contributed by atoms with Gasteiger partial charge in [-0.1, -0.05) is 24.6 Å². The van der Waals surface area contributed by atoms with E-state index in [1.165, 1.54) is 0 Å². The molecule has 0 atom stereocenters. The molecule has 3 rings (SSSR count). The molecule has 1 heterocycles. The summed E-state index contributed by atoms with van der Waals surface area (Å²) < 4.78 is 27.5. The minimum absolute atomic E-state index is 0.373. The Balaban J connectivity index is 1.97. The lowest BCUT2D eigenvalue weighted by molar-refractivity contribution is 0.196. The fourth-order valence-corrected chi connectivity index (χ4v) is 4.74. The van der Waals surface area contributed by atoms with Crippen LogP contribution in [-0.4, -0.2) is 24.8 Å². The smallest absolute Gasteiger partial charge is 0.207 e. The second kappa shape index (κ2) is 5.49. The Morgan fingerprint density at radius 2 is 1.65 bits per heavy atom. The molecule has 1 aliphatic carbocycles. The van der Waals surface area contributed by atoms with Crippen LogP contribution in [0.2, 0.25) is 0 Å². The molecule has 1 saturated heterocycles. The van der Waals surface area contributed by atoms with E-state index in [1.807, 2.05) is 38.2 Å². The van der Waals surface area contributed by atoms with E-state index < -0.39 is 15.6 Å². The van der Waals surface area contributed by atoms with Crippen LogP contribution in [0.25, 0.3) is 0 Å². The van der Waals surface area contributed by atoms with Gasteiger partial charge in [0, 0.05) is 12.1 Å². The Bertz CT molecular complexity index is 539. The first kappa shape index (κ1) is 14.1. The first-order valence-corrected chi connectivity index (χ1v) is 8.37. The van der Waals surface area contributed by atoms with Crippen molar-refractivity contribution in [2.45, 2.75) is 29.7 Å². The third kappa shape index (κ3) is 2.40. The van der Waals surface area contributed by atoms with Crippen LogP contribution >= 0.6 is 0 Å². The lowest BCUT2D eigenvalue weighted by Crippen LogP contribution is -2.56. The molecule has 2 aliphatic rings. The molecular formula is C16H18NO2S. The minimum Gasteiger partial charge on any atom is -0.207 e. The zero-order chi connectivity index (χ0) is 14.1. The number of rotatable bonds is 2. The van der Waals surface area contributed by atoms with E-state index in [0.29, 0.717) is 11.4 Å².